The number of nitrogens with one attached hydrogen (secondary N) is 1. The number of esters is 1. The molecule has 0 saturated heterocycles. The Hall–Kier alpha value is -1.55. The Bertz CT molecular complexity index is 341. The first-order valence-electron chi connectivity index (χ1n) is 4.75. The Balaban J connectivity index is 0.00000225. The third kappa shape index (κ3) is 5.36. The second kappa shape index (κ2) is 7.70. The molecule has 1 rings (SSSR count). The van der Waals surface area contributed by atoms with Crippen LogP contribution in [0.25, 0.3) is 0 Å². The second-order valence-corrected chi connectivity index (χ2v) is 3.13. The van der Waals surface area contributed by atoms with Gasteiger partial charge in [0.2, 0.25) is 0 Å². The summed E-state index contributed by atoms with van der Waals surface area (Å²) in [5.74, 6) is -0.218. The Morgan fingerprint density at radius 1 is 1.31 bits per heavy atom. The van der Waals surface area contributed by atoms with E-state index in [1.165, 1.54) is 0 Å². The molecule has 0 spiro atoms. The molecule has 0 fully saturated rings. The summed E-state index contributed by atoms with van der Waals surface area (Å²) in [6.45, 7) is 0.299. The molecule has 1 aromatic carbocycles. The summed E-state index contributed by atoms with van der Waals surface area (Å²) in [4.78, 5) is 11.4. The quantitative estimate of drug-likeness (QED) is 0.359. The fraction of sp³-hybridized carbons (Fsp3) is 0.273. The molecular formula is C11H15ClN2O2. The molecule has 0 aliphatic rings. The standard InChI is InChI=1S/C11H14N2O2.ClH/c12-10(13)7-4-8-15-11(14)9-5-2-1-3-6-9;/h1-3,5-6H,4,7-8H2,(H3,12,13);1H. The Morgan fingerprint density at radius 3 is 2.50 bits per heavy atom. The van der Waals surface area contributed by atoms with E-state index in [9.17, 15) is 4.79 Å². The van der Waals surface area contributed by atoms with Gasteiger partial charge in [0.1, 0.15) is 0 Å². The van der Waals surface area contributed by atoms with Gasteiger partial charge in [0.05, 0.1) is 18.0 Å². The lowest BCUT2D eigenvalue weighted by Crippen LogP contribution is -2.12. The molecule has 0 aliphatic heterocycles. The molecule has 5 heteroatoms. The lowest BCUT2D eigenvalue weighted by atomic mass is 10.2. The molecule has 4 nitrogen and oxygen atoms in total. The van der Waals surface area contributed by atoms with Gasteiger partial charge in [0.25, 0.3) is 0 Å². The maximum Gasteiger partial charge on any atom is 0.338 e. The average molecular weight is 243 g/mol. The van der Waals surface area contributed by atoms with Crippen molar-refractivity contribution >= 4 is 24.2 Å². The van der Waals surface area contributed by atoms with Crippen molar-refractivity contribution in [3.63, 3.8) is 0 Å². The molecule has 16 heavy (non-hydrogen) atoms. The van der Waals surface area contributed by atoms with Crippen LogP contribution in [0.15, 0.2) is 30.3 Å². The first kappa shape index (κ1) is 14.5. The molecule has 0 unspecified atom stereocenters. The molecule has 0 aromatic heterocycles. The van der Waals surface area contributed by atoms with Crippen LogP contribution < -0.4 is 5.73 Å². The molecule has 0 atom stereocenters. The normalized spacial score (nSPS) is 9.00. The number of halogens is 1. The maximum absolute atomic E-state index is 11.4. The summed E-state index contributed by atoms with van der Waals surface area (Å²) >= 11 is 0. The zero-order valence-corrected chi connectivity index (χ0v) is 9.63. The van der Waals surface area contributed by atoms with Gasteiger partial charge in [0, 0.05) is 6.42 Å². The molecular weight excluding hydrogens is 228 g/mol. The van der Waals surface area contributed by atoms with Gasteiger partial charge >= 0.3 is 5.97 Å². The van der Waals surface area contributed by atoms with Gasteiger partial charge in [0.15, 0.2) is 0 Å². The van der Waals surface area contributed by atoms with Crippen LogP contribution in [-0.4, -0.2) is 18.4 Å². The van der Waals surface area contributed by atoms with E-state index in [0.717, 1.165) is 0 Å². The molecule has 0 bridgehead atoms. The second-order valence-electron chi connectivity index (χ2n) is 3.13. The number of benzene rings is 1. The third-order valence-corrected chi connectivity index (χ3v) is 1.83. The average Bonchev–Trinajstić information content (AvgIpc) is 2.25. The molecule has 0 heterocycles. The van der Waals surface area contributed by atoms with Gasteiger partial charge in [-0.3, -0.25) is 5.41 Å². The highest BCUT2D eigenvalue weighted by Gasteiger charge is 2.04. The minimum absolute atomic E-state index is 0. The van der Waals surface area contributed by atoms with Crippen LogP contribution in [0.1, 0.15) is 23.2 Å². The summed E-state index contributed by atoms with van der Waals surface area (Å²) in [5, 5.41) is 6.98. The highest BCUT2D eigenvalue weighted by atomic mass is 35.5. The van der Waals surface area contributed by atoms with E-state index in [2.05, 4.69) is 0 Å². The van der Waals surface area contributed by atoms with Crippen molar-refractivity contribution in [1.82, 2.24) is 0 Å². The van der Waals surface area contributed by atoms with Crippen molar-refractivity contribution in [3.05, 3.63) is 35.9 Å². The van der Waals surface area contributed by atoms with Crippen molar-refractivity contribution in [2.45, 2.75) is 12.8 Å². The number of amidine groups is 1. The maximum atomic E-state index is 11.4. The fourth-order valence-corrected chi connectivity index (χ4v) is 1.09. The van der Waals surface area contributed by atoms with Crippen molar-refractivity contribution in [3.8, 4) is 0 Å². The van der Waals surface area contributed by atoms with E-state index in [4.69, 9.17) is 15.9 Å². The zero-order chi connectivity index (χ0) is 11.1. The van der Waals surface area contributed by atoms with Gasteiger partial charge in [-0.15, -0.1) is 12.4 Å². The molecule has 0 aliphatic carbocycles. The van der Waals surface area contributed by atoms with E-state index in [0.29, 0.717) is 25.0 Å². The summed E-state index contributed by atoms with van der Waals surface area (Å²) in [6, 6.07) is 8.81. The minimum atomic E-state index is -0.334. The largest absolute Gasteiger partial charge is 0.462 e. The summed E-state index contributed by atoms with van der Waals surface area (Å²) in [7, 11) is 0. The van der Waals surface area contributed by atoms with Crippen molar-refractivity contribution in [1.29, 1.82) is 5.41 Å². The van der Waals surface area contributed by atoms with Gasteiger partial charge in [-0.2, -0.15) is 0 Å². The lowest BCUT2D eigenvalue weighted by Gasteiger charge is -2.03. The first-order valence-corrected chi connectivity index (χ1v) is 4.75. The Kier molecular flexibility index (Phi) is 6.96. The van der Waals surface area contributed by atoms with E-state index in [1.54, 1.807) is 24.3 Å². The minimum Gasteiger partial charge on any atom is -0.462 e. The van der Waals surface area contributed by atoms with E-state index >= 15 is 0 Å². The van der Waals surface area contributed by atoms with Crippen molar-refractivity contribution < 1.29 is 9.53 Å². The Morgan fingerprint density at radius 2 is 1.94 bits per heavy atom. The van der Waals surface area contributed by atoms with E-state index in [1.807, 2.05) is 6.07 Å². The summed E-state index contributed by atoms with van der Waals surface area (Å²) in [6.07, 6.45) is 1.05. The fourth-order valence-electron chi connectivity index (χ4n) is 1.09. The van der Waals surface area contributed by atoms with Crippen LogP contribution in [0.3, 0.4) is 0 Å². The van der Waals surface area contributed by atoms with Crippen LogP contribution >= 0.6 is 12.4 Å². The van der Waals surface area contributed by atoms with E-state index in [-0.39, 0.29) is 24.2 Å². The zero-order valence-electron chi connectivity index (χ0n) is 8.81. The highest BCUT2D eigenvalue weighted by Crippen LogP contribution is 2.01. The number of rotatable bonds is 5. The SMILES string of the molecule is Cl.N=C(N)CCCOC(=O)c1ccccc1. The number of nitrogens with two attached hydrogens (primary N) is 1. The highest BCUT2D eigenvalue weighted by molar-refractivity contribution is 5.89. The predicted molar refractivity (Wildman–Crippen MR) is 65.1 cm³/mol. The van der Waals surface area contributed by atoms with Crippen molar-refractivity contribution in [2.24, 2.45) is 5.73 Å². The van der Waals surface area contributed by atoms with Crippen LogP contribution in [-0.2, 0) is 4.74 Å². The van der Waals surface area contributed by atoms with Crippen LogP contribution in [0.2, 0.25) is 0 Å². The molecule has 88 valence electrons. The smallest absolute Gasteiger partial charge is 0.338 e. The van der Waals surface area contributed by atoms with Crippen molar-refractivity contribution in [2.75, 3.05) is 6.61 Å². The molecule has 0 amide bonds. The molecule has 0 saturated carbocycles. The lowest BCUT2D eigenvalue weighted by molar-refractivity contribution is 0.0502. The van der Waals surface area contributed by atoms with Crippen LogP contribution in [0.5, 0.6) is 0 Å². The monoisotopic (exact) mass is 242 g/mol. The molecule has 0 radical (unpaired) electrons. The number of carbonyl (C=O) groups is 1. The number of carbonyl (C=O) groups excluding carboxylic acids is 1. The van der Waals surface area contributed by atoms with Gasteiger partial charge in [-0.25, -0.2) is 4.79 Å². The first-order chi connectivity index (χ1) is 7.20. The van der Waals surface area contributed by atoms with Crippen LogP contribution in [0.4, 0.5) is 0 Å². The number of ether oxygens (including phenoxy) is 1. The summed E-state index contributed by atoms with van der Waals surface area (Å²) in [5.41, 5.74) is 5.71. The molecule has 3 N–H and O–H groups in total. The Labute approximate surface area is 101 Å². The van der Waals surface area contributed by atoms with Crippen LogP contribution in [0, 0.1) is 5.41 Å². The predicted octanol–water partition coefficient (Wildman–Crippen LogP) is 1.98. The van der Waals surface area contributed by atoms with Gasteiger partial charge < -0.3 is 10.5 Å². The topological polar surface area (TPSA) is 76.2 Å². The van der Waals surface area contributed by atoms with E-state index < -0.39 is 0 Å². The third-order valence-electron chi connectivity index (χ3n) is 1.83. The molecule has 1 aromatic rings. The number of hydrogen-bond acceptors (Lipinski definition) is 3. The summed E-state index contributed by atoms with van der Waals surface area (Å²) < 4.78 is 4.99. The number of hydrogen-bond donors (Lipinski definition) is 2. The van der Waals surface area contributed by atoms with Gasteiger partial charge in [-0.1, -0.05) is 18.2 Å². The van der Waals surface area contributed by atoms with Gasteiger partial charge in [-0.05, 0) is 18.6 Å².